The molecule has 0 aromatic carbocycles. The fourth-order valence-electron chi connectivity index (χ4n) is 1.47. The number of aromatic nitrogens is 2. The minimum Gasteiger partial charge on any atom is -0.310 e. The zero-order chi connectivity index (χ0) is 10.7. The van der Waals surface area contributed by atoms with Gasteiger partial charge < -0.3 is 5.32 Å². The molecule has 0 aliphatic carbocycles. The monoisotopic (exact) mass is 262 g/mol. The van der Waals surface area contributed by atoms with Crippen LogP contribution in [0, 0.1) is 0 Å². The minimum atomic E-state index is -0.0739. The molecule has 1 aliphatic heterocycles. The van der Waals surface area contributed by atoms with Gasteiger partial charge in [0.2, 0.25) is 5.91 Å². The largest absolute Gasteiger partial charge is 0.310 e. The summed E-state index contributed by atoms with van der Waals surface area (Å²) in [6.45, 7) is 2.75. The maximum Gasteiger partial charge on any atom is 0.243 e. The number of hydrogen-bond donors (Lipinski definition) is 2. The van der Waals surface area contributed by atoms with E-state index in [0.717, 1.165) is 24.0 Å². The average molecular weight is 263 g/mol. The second-order valence-electron chi connectivity index (χ2n) is 3.29. The van der Waals surface area contributed by atoms with Gasteiger partial charge in [0.15, 0.2) is 0 Å². The number of hydrogen-bond acceptors (Lipinski definition) is 4. The number of carbonyl (C=O) groups is 1. The molecule has 2 heterocycles. The molecule has 0 radical (unpaired) electrons. The van der Waals surface area contributed by atoms with Crippen LogP contribution < -0.4 is 10.6 Å². The van der Waals surface area contributed by atoms with Gasteiger partial charge in [0, 0.05) is 24.2 Å². The highest BCUT2D eigenvalue weighted by Gasteiger charge is 2.22. The molecule has 7 heteroatoms. The molecule has 2 N–H and O–H groups in total. The predicted octanol–water partition coefficient (Wildman–Crippen LogP) is 0.926. The highest BCUT2D eigenvalue weighted by molar-refractivity contribution is 7.99. The van der Waals surface area contributed by atoms with E-state index in [2.05, 4.69) is 15.7 Å². The fraction of sp³-hybridized carbons (Fsp3) is 0.556. The summed E-state index contributed by atoms with van der Waals surface area (Å²) >= 11 is 1.74. The zero-order valence-electron chi connectivity index (χ0n) is 8.97. The van der Waals surface area contributed by atoms with Gasteiger partial charge in [-0.05, 0) is 6.92 Å². The van der Waals surface area contributed by atoms with Gasteiger partial charge in [-0.25, -0.2) is 4.68 Å². The number of aryl methyl sites for hydroxylation is 1. The van der Waals surface area contributed by atoms with Crippen LogP contribution in [-0.2, 0) is 11.3 Å². The van der Waals surface area contributed by atoms with Crippen molar-refractivity contribution in [3.63, 3.8) is 0 Å². The Balaban J connectivity index is 0.00000128. The number of thioether (sulfide) groups is 1. The first-order chi connectivity index (χ1) is 7.31. The van der Waals surface area contributed by atoms with E-state index in [4.69, 9.17) is 0 Å². The molecule has 16 heavy (non-hydrogen) atoms. The predicted molar refractivity (Wildman–Crippen MR) is 68.0 cm³/mol. The van der Waals surface area contributed by atoms with Gasteiger partial charge in [-0.15, -0.1) is 24.2 Å². The van der Waals surface area contributed by atoms with Crippen molar-refractivity contribution in [3.8, 4) is 0 Å². The van der Waals surface area contributed by atoms with Gasteiger partial charge in [-0.1, -0.05) is 0 Å². The first-order valence-electron chi connectivity index (χ1n) is 4.95. The van der Waals surface area contributed by atoms with E-state index in [0.29, 0.717) is 0 Å². The molecule has 1 unspecified atom stereocenters. The van der Waals surface area contributed by atoms with Crippen LogP contribution in [0.2, 0.25) is 0 Å². The van der Waals surface area contributed by atoms with E-state index in [-0.39, 0.29) is 24.4 Å². The smallest absolute Gasteiger partial charge is 0.243 e. The molecule has 2 rings (SSSR count). The van der Waals surface area contributed by atoms with Crippen LogP contribution >= 0.6 is 24.2 Å². The molecule has 1 saturated heterocycles. The Bertz CT molecular complexity index is 351. The van der Waals surface area contributed by atoms with E-state index < -0.39 is 0 Å². The van der Waals surface area contributed by atoms with E-state index in [1.807, 2.05) is 13.0 Å². The number of carbonyl (C=O) groups excluding carboxylic acids is 1. The Morgan fingerprint density at radius 3 is 3.25 bits per heavy atom. The molecule has 0 spiro atoms. The number of nitrogens with one attached hydrogen (secondary N) is 2. The van der Waals surface area contributed by atoms with Crippen molar-refractivity contribution in [2.45, 2.75) is 19.5 Å². The molecule has 90 valence electrons. The van der Waals surface area contributed by atoms with Crippen LogP contribution in [-0.4, -0.2) is 33.4 Å². The summed E-state index contributed by atoms with van der Waals surface area (Å²) in [5.41, 5.74) is 0. The number of halogens is 1. The van der Waals surface area contributed by atoms with Gasteiger partial charge >= 0.3 is 0 Å². The zero-order valence-corrected chi connectivity index (χ0v) is 10.6. The summed E-state index contributed by atoms with van der Waals surface area (Å²) < 4.78 is 1.76. The number of rotatable bonds is 3. The molecule has 0 saturated carbocycles. The maximum absolute atomic E-state index is 11.8. The molecular formula is C9H15ClN4OS. The lowest BCUT2D eigenvalue weighted by Gasteiger charge is -2.11. The van der Waals surface area contributed by atoms with Gasteiger partial charge in [0.05, 0.1) is 12.2 Å². The Morgan fingerprint density at radius 1 is 1.81 bits per heavy atom. The minimum absolute atomic E-state index is 0. The van der Waals surface area contributed by atoms with Crippen molar-refractivity contribution in [1.82, 2.24) is 15.1 Å². The Morgan fingerprint density at radius 2 is 2.62 bits per heavy atom. The van der Waals surface area contributed by atoms with E-state index in [1.165, 1.54) is 0 Å². The first-order valence-corrected chi connectivity index (χ1v) is 6.10. The van der Waals surface area contributed by atoms with Crippen molar-refractivity contribution in [3.05, 3.63) is 12.3 Å². The second-order valence-corrected chi connectivity index (χ2v) is 4.32. The SMILES string of the molecule is CCn1nccc1NC(=O)C1CSCN1.Cl. The molecule has 0 bridgehead atoms. The molecule has 1 amide bonds. The second kappa shape index (κ2) is 6.12. The molecule has 1 aromatic rings. The summed E-state index contributed by atoms with van der Waals surface area (Å²) in [7, 11) is 0. The average Bonchev–Trinajstić information content (AvgIpc) is 2.87. The van der Waals surface area contributed by atoms with Crippen molar-refractivity contribution < 1.29 is 4.79 Å². The highest BCUT2D eigenvalue weighted by atomic mass is 35.5. The topological polar surface area (TPSA) is 59.0 Å². The van der Waals surface area contributed by atoms with Gasteiger partial charge in [0.25, 0.3) is 0 Å². The lowest BCUT2D eigenvalue weighted by Crippen LogP contribution is -2.37. The van der Waals surface area contributed by atoms with Crippen molar-refractivity contribution in [2.24, 2.45) is 0 Å². The third-order valence-corrected chi connectivity index (χ3v) is 3.24. The van der Waals surface area contributed by atoms with E-state index in [1.54, 1.807) is 22.6 Å². The third kappa shape index (κ3) is 2.90. The van der Waals surface area contributed by atoms with Crippen LogP contribution in [0.4, 0.5) is 5.82 Å². The molecular weight excluding hydrogens is 248 g/mol. The summed E-state index contributed by atoms with van der Waals surface area (Å²) in [5, 5.41) is 10.1. The van der Waals surface area contributed by atoms with Crippen LogP contribution in [0.25, 0.3) is 0 Å². The summed E-state index contributed by atoms with van der Waals surface area (Å²) in [6.07, 6.45) is 1.69. The fourth-order valence-corrected chi connectivity index (χ4v) is 2.41. The van der Waals surface area contributed by atoms with E-state index >= 15 is 0 Å². The first kappa shape index (κ1) is 13.3. The molecule has 1 aliphatic rings. The molecule has 1 atom stereocenters. The number of nitrogens with zero attached hydrogens (tertiary/aromatic N) is 2. The Kier molecular flexibility index (Phi) is 5.11. The molecule has 5 nitrogen and oxygen atoms in total. The summed E-state index contributed by atoms with van der Waals surface area (Å²) in [4.78, 5) is 11.8. The Labute approximate surface area is 105 Å². The van der Waals surface area contributed by atoms with Crippen molar-refractivity contribution in [2.75, 3.05) is 16.9 Å². The standard InChI is InChI=1S/C9H14N4OS.ClH/c1-2-13-8(3-4-11-13)12-9(14)7-5-15-6-10-7;/h3-4,7,10H,2,5-6H2,1H3,(H,12,14);1H. The highest BCUT2D eigenvalue weighted by Crippen LogP contribution is 2.12. The molecule has 1 fully saturated rings. The van der Waals surface area contributed by atoms with Gasteiger partial charge in [-0.3, -0.25) is 10.1 Å². The number of amides is 1. The van der Waals surface area contributed by atoms with Crippen molar-refractivity contribution >= 4 is 35.9 Å². The Hall–Kier alpha value is -0.720. The maximum atomic E-state index is 11.8. The van der Waals surface area contributed by atoms with Crippen LogP contribution in [0.3, 0.4) is 0 Å². The summed E-state index contributed by atoms with van der Waals surface area (Å²) in [6, 6.07) is 1.74. The van der Waals surface area contributed by atoms with Crippen LogP contribution in [0.1, 0.15) is 6.92 Å². The van der Waals surface area contributed by atoms with Gasteiger partial charge in [-0.2, -0.15) is 5.10 Å². The third-order valence-electron chi connectivity index (χ3n) is 2.30. The lowest BCUT2D eigenvalue weighted by molar-refractivity contribution is -0.117. The van der Waals surface area contributed by atoms with Crippen molar-refractivity contribution in [1.29, 1.82) is 0 Å². The summed E-state index contributed by atoms with van der Waals surface area (Å²) in [5.74, 6) is 2.48. The van der Waals surface area contributed by atoms with Crippen LogP contribution in [0.15, 0.2) is 12.3 Å². The molecule has 1 aromatic heterocycles. The quantitative estimate of drug-likeness (QED) is 0.851. The van der Waals surface area contributed by atoms with Crippen LogP contribution in [0.5, 0.6) is 0 Å². The lowest BCUT2D eigenvalue weighted by atomic mass is 10.3. The number of anilines is 1. The normalized spacial score (nSPS) is 19.2. The van der Waals surface area contributed by atoms with Gasteiger partial charge in [0.1, 0.15) is 5.82 Å². The van der Waals surface area contributed by atoms with E-state index in [9.17, 15) is 4.79 Å².